The van der Waals surface area contributed by atoms with Crippen LogP contribution in [0.2, 0.25) is 0 Å². The van der Waals surface area contributed by atoms with E-state index in [4.69, 9.17) is 9.47 Å². The van der Waals surface area contributed by atoms with E-state index in [0.717, 1.165) is 0 Å². The van der Waals surface area contributed by atoms with Crippen LogP contribution in [0.3, 0.4) is 0 Å². The van der Waals surface area contributed by atoms with Gasteiger partial charge in [-0.1, -0.05) is 6.07 Å². The molecule has 0 heterocycles. The summed E-state index contributed by atoms with van der Waals surface area (Å²) in [5, 5.41) is 0. The number of rotatable bonds is 4. The first-order valence-corrected chi connectivity index (χ1v) is 4.86. The highest BCUT2D eigenvalue weighted by molar-refractivity contribution is 6.02. The van der Waals surface area contributed by atoms with E-state index in [9.17, 15) is 9.18 Å². The lowest BCUT2D eigenvalue weighted by Crippen LogP contribution is -2.34. The summed E-state index contributed by atoms with van der Waals surface area (Å²) in [6.45, 7) is 3.18. The van der Waals surface area contributed by atoms with Crippen LogP contribution in [0, 0.1) is 5.82 Å². The minimum absolute atomic E-state index is 0.0220. The maximum atomic E-state index is 13.8. The van der Waals surface area contributed by atoms with E-state index < -0.39 is 17.2 Å². The molecule has 0 atom stereocenters. The smallest absolute Gasteiger partial charge is 0.197 e. The van der Waals surface area contributed by atoms with Crippen molar-refractivity contribution in [2.24, 2.45) is 0 Å². The number of Topliss-reactive ketones (excluding diaryl/α,β-unsaturated/α-hetero) is 1. The third-order valence-electron chi connectivity index (χ3n) is 2.48. The third kappa shape index (κ3) is 2.22. The second kappa shape index (κ2) is 4.61. The van der Waals surface area contributed by atoms with Crippen LogP contribution in [0.15, 0.2) is 18.2 Å². The van der Waals surface area contributed by atoms with Gasteiger partial charge in [0.15, 0.2) is 17.3 Å². The van der Waals surface area contributed by atoms with Crippen LogP contribution in [0.1, 0.15) is 24.2 Å². The van der Waals surface area contributed by atoms with Crippen LogP contribution in [-0.2, 0) is 4.74 Å². The number of carbonyl (C=O) groups excluding carboxylic acids is 1. The highest BCUT2D eigenvalue weighted by Crippen LogP contribution is 2.24. The summed E-state index contributed by atoms with van der Waals surface area (Å²) in [4.78, 5) is 12.0. The van der Waals surface area contributed by atoms with E-state index in [1.54, 1.807) is 19.9 Å². The molecule has 0 amide bonds. The highest BCUT2D eigenvalue weighted by Gasteiger charge is 2.31. The molecule has 1 aromatic rings. The van der Waals surface area contributed by atoms with Gasteiger partial charge in [-0.05, 0) is 26.0 Å². The van der Waals surface area contributed by atoms with Crippen molar-refractivity contribution in [2.75, 3.05) is 14.2 Å². The van der Waals surface area contributed by atoms with Gasteiger partial charge in [0.1, 0.15) is 5.60 Å². The standard InChI is InChI=1S/C12H15FO3/c1-12(2,16-4)11(14)8-6-5-7-9(15-3)10(8)13/h5-7H,1-4H3. The van der Waals surface area contributed by atoms with E-state index in [2.05, 4.69) is 0 Å². The summed E-state index contributed by atoms with van der Waals surface area (Å²) < 4.78 is 23.6. The van der Waals surface area contributed by atoms with Crippen LogP contribution < -0.4 is 4.74 Å². The van der Waals surface area contributed by atoms with Crippen LogP contribution in [0.25, 0.3) is 0 Å². The number of ketones is 1. The molecule has 0 aliphatic rings. The molecule has 88 valence electrons. The SMILES string of the molecule is COc1cccc(C(=O)C(C)(C)OC)c1F. The van der Waals surface area contributed by atoms with Gasteiger partial charge in [0.05, 0.1) is 12.7 Å². The summed E-state index contributed by atoms with van der Waals surface area (Å²) >= 11 is 0. The van der Waals surface area contributed by atoms with Crippen molar-refractivity contribution < 1.29 is 18.7 Å². The van der Waals surface area contributed by atoms with Crippen molar-refractivity contribution in [1.82, 2.24) is 0 Å². The van der Waals surface area contributed by atoms with Gasteiger partial charge < -0.3 is 9.47 Å². The van der Waals surface area contributed by atoms with E-state index in [-0.39, 0.29) is 11.3 Å². The number of halogens is 1. The van der Waals surface area contributed by atoms with Crippen molar-refractivity contribution >= 4 is 5.78 Å². The molecule has 0 fully saturated rings. The largest absolute Gasteiger partial charge is 0.494 e. The lowest BCUT2D eigenvalue weighted by atomic mass is 9.96. The first-order chi connectivity index (χ1) is 7.44. The lowest BCUT2D eigenvalue weighted by molar-refractivity contribution is 0.0224. The number of hydrogen-bond acceptors (Lipinski definition) is 3. The summed E-state index contributed by atoms with van der Waals surface area (Å²) in [7, 11) is 2.77. The van der Waals surface area contributed by atoms with Crippen LogP contribution in [-0.4, -0.2) is 25.6 Å². The zero-order valence-electron chi connectivity index (χ0n) is 9.83. The molecule has 4 heteroatoms. The molecular formula is C12H15FO3. The number of hydrogen-bond donors (Lipinski definition) is 0. The second-order valence-corrected chi connectivity index (χ2v) is 3.87. The van der Waals surface area contributed by atoms with Crippen molar-refractivity contribution in [3.8, 4) is 5.75 Å². The second-order valence-electron chi connectivity index (χ2n) is 3.87. The highest BCUT2D eigenvalue weighted by atomic mass is 19.1. The van der Waals surface area contributed by atoms with Crippen molar-refractivity contribution in [2.45, 2.75) is 19.4 Å². The molecule has 0 aliphatic carbocycles. The van der Waals surface area contributed by atoms with Gasteiger partial charge in [0, 0.05) is 7.11 Å². The normalized spacial score (nSPS) is 11.3. The monoisotopic (exact) mass is 226 g/mol. The number of ether oxygens (including phenoxy) is 2. The van der Waals surface area contributed by atoms with Crippen molar-refractivity contribution in [1.29, 1.82) is 0 Å². The van der Waals surface area contributed by atoms with Gasteiger partial charge in [0.25, 0.3) is 0 Å². The molecule has 0 N–H and O–H groups in total. The molecule has 0 spiro atoms. The van der Waals surface area contributed by atoms with Crippen LogP contribution in [0.5, 0.6) is 5.75 Å². The number of methoxy groups -OCH3 is 2. The Hall–Kier alpha value is -1.42. The Bertz CT molecular complexity index is 399. The quantitative estimate of drug-likeness (QED) is 0.740. The third-order valence-corrected chi connectivity index (χ3v) is 2.48. The summed E-state index contributed by atoms with van der Waals surface area (Å²) in [6.07, 6.45) is 0. The summed E-state index contributed by atoms with van der Waals surface area (Å²) in [6, 6.07) is 4.45. The first-order valence-electron chi connectivity index (χ1n) is 4.86. The Morgan fingerprint density at radius 3 is 2.44 bits per heavy atom. The van der Waals surface area contributed by atoms with E-state index >= 15 is 0 Å². The fourth-order valence-corrected chi connectivity index (χ4v) is 1.26. The van der Waals surface area contributed by atoms with Crippen molar-refractivity contribution in [3.63, 3.8) is 0 Å². The van der Waals surface area contributed by atoms with Gasteiger partial charge >= 0.3 is 0 Å². The Morgan fingerprint density at radius 1 is 1.31 bits per heavy atom. The predicted molar refractivity (Wildman–Crippen MR) is 58.4 cm³/mol. The fourth-order valence-electron chi connectivity index (χ4n) is 1.26. The zero-order chi connectivity index (χ0) is 12.3. The summed E-state index contributed by atoms with van der Waals surface area (Å²) in [5.41, 5.74) is -1.07. The molecule has 1 rings (SSSR count). The molecule has 0 bridgehead atoms. The van der Waals surface area contributed by atoms with Crippen LogP contribution in [0.4, 0.5) is 4.39 Å². The predicted octanol–water partition coefficient (Wildman–Crippen LogP) is 2.44. The van der Waals surface area contributed by atoms with E-state index in [1.165, 1.54) is 26.4 Å². The van der Waals surface area contributed by atoms with Crippen LogP contribution >= 0.6 is 0 Å². The van der Waals surface area contributed by atoms with Gasteiger partial charge in [0.2, 0.25) is 0 Å². The molecule has 0 radical (unpaired) electrons. The topological polar surface area (TPSA) is 35.5 Å². The fraction of sp³-hybridized carbons (Fsp3) is 0.417. The average Bonchev–Trinajstić information content (AvgIpc) is 2.28. The minimum Gasteiger partial charge on any atom is -0.494 e. The van der Waals surface area contributed by atoms with Gasteiger partial charge in [-0.25, -0.2) is 4.39 Å². The Labute approximate surface area is 94.2 Å². The Balaban J connectivity index is 3.19. The Kier molecular flexibility index (Phi) is 3.65. The van der Waals surface area contributed by atoms with E-state index in [1.807, 2.05) is 0 Å². The molecule has 1 aromatic carbocycles. The molecule has 0 aromatic heterocycles. The first kappa shape index (κ1) is 12.6. The van der Waals surface area contributed by atoms with Gasteiger partial charge in [-0.15, -0.1) is 0 Å². The number of carbonyl (C=O) groups is 1. The molecule has 0 aliphatic heterocycles. The lowest BCUT2D eigenvalue weighted by Gasteiger charge is -2.21. The maximum absolute atomic E-state index is 13.8. The van der Waals surface area contributed by atoms with Crippen molar-refractivity contribution in [3.05, 3.63) is 29.6 Å². The molecule has 0 saturated heterocycles. The maximum Gasteiger partial charge on any atom is 0.197 e. The molecular weight excluding hydrogens is 211 g/mol. The molecule has 0 saturated carbocycles. The average molecular weight is 226 g/mol. The van der Waals surface area contributed by atoms with Gasteiger partial charge in [-0.2, -0.15) is 0 Å². The minimum atomic E-state index is -1.05. The molecule has 0 unspecified atom stereocenters. The zero-order valence-corrected chi connectivity index (χ0v) is 9.83. The Morgan fingerprint density at radius 2 is 1.94 bits per heavy atom. The molecule has 3 nitrogen and oxygen atoms in total. The van der Waals surface area contributed by atoms with E-state index in [0.29, 0.717) is 0 Å². The van der Waals surface area contributed by atoms with Gasteiger partial charge in [-0.3, -0.25) is 4.79 Å². The number of benzene rings is 1. The molecule has 16 heavy (non-hydrogen) atoms. The summed E-state index contributed by atoms with van der Waals surface area (Å²) in [5.74, 6) is -1.01.